The van der Waals surface area contributed by atoms with Gasteiger partial charge in [-0.05, 0) is 43.4 Å². The van der Waals surface area contributed by atoms with E-state index in [2.05, 4.69) is 29.4 Å². The number of rotatable bonds is 8. The molecule has 27 heavy (non-hydrogen) atoms. The van der Waals surface area contributed by atoms with Crippen LogP contribution in [0, 0.1) is 0 Å². The normalized spacial score (nSPS) is 10.5. The van der Waals surface area contributed by atoms with Crippen LogP contribution in [0.1, 0.15) is 24.2 Å². The van der Waals surface area contributed by atoms with Gasteiger partial charge in [-0.15, -0.1) is 0 Å². The molecule has 2 rings (SSSR count). The summed E-state index contributed by atoms with van der Waals surface area (Å²) in [5.74, 6) is -0.133. The van der Waals surface area contributed by atoms with Crippen LogP contribution >= 0.6 is 0 Å². The summed E-state index contributed by atoms with van der Waals surface area (Å²) in [6, 6.07) is 16.1. The van der Waals surface area contributed by atoms with E-state index in [-0.39, 0.29) is 11.9 Å². The molecule has 0 atom stereocenters. The van der Waals surface area contributed by atoms with E-state index >= 15 is 0 Å². The number of carbonyl (C=O) groups excluding carboxylic acids is 2. The first kappa shape index (κ1) is 20.5. The number of anilines is 2. The molecule has 2 aromatic rings. The number of para-hydroxylation sites is 1. The van der Waals surface area contributed by atoms with Crippen molar-refractivity contribution in [1.29, 1.82) is 0 Å². The highest BCUT2D eigenvalue weighted by Gasteiger charge is 2.14. The van der Waals surface area contributed by atoms with E-state index in [0.29, 0.717) is 17.8 Å². The lowest BCUT2D eigenvalue weighted by Crippen LogP contribution is -2.36. The van der Waals surface area contributed by atoms with Gasteiger partial charge in [-0.3, -0.25) is 4.79 Å². The van der Waals surface area contributed by atoms with Crippen LogP contribution in [-0.2, 0) is 0 Å². The molecule has 0 aromatic heterocycles. The van der Waals surface area contributed by atoms with Gasteiger partial charge in [-0.25, -0.2) is 4.79 Å². The smallest absolute Gasteiger partial charge is 0.319 e. The minimum atomic E-state index is -0.275. The SMILES string of the molecule is CCN(CC)CCNC(=O)Nc1cccc(C(=O)N(C)c2ccccc2)c1. The molecule has 0 saturated carbocycles. The lowest BCUT2D eigenvalue weighted by molar-refractivity contribution is 0.0993. The summed E-state index contributed by atoms with van der Waals surface area (Å²) >= 11 is 0. The molecule has 0 fully saturated rings. The second-order valence-corrected chi connectivity index (χ2v) is 6.19. The van der Waals surface area contributed by atoms with Crippen molar-refractivity contribution in [1.82, 2.24) is 10.2 Å². The van der Waals surface area contributed by atoms with Gasteiger partial charge in [0.15, 0.2) is 0 Å². The number of hydrogen-bond acceptors (Lipinski definition) is 3. The predicted octanol–water partition coefficient (Wildman–Crippen LogP) is 3.43. The largest absolute Gasteiger partial charge is 0.337 e. The zero-order chi connectivity index (χ0) is 19.6. The Bertz CT molecular complexity index is 745. The van der Waals surface area contributed by atoms with Gasteiger partial charge < -0.3 is 20.4 Å². The minimum Gasteiger partial charge on any atom is -0.337 e. The highest BCUT2D eigenvalue weighted by Crippen LogP contribution is 2.17. The van der Waals surface area contributed by atoms with Crippen LogP contribution in [-0.4, -0.2) is 50.1 Å². The molecule has 0 aliphatic heterocycles. The van der Waals surface area contributed by atoms with Gasteiger partial charge in [0.05, 0.1) is 0 Å². The fourth-order valence-electron chi connectivity index (χ4n) is 2.74. The summed E-state index contributed by atoms with van der Waals surface area (Å²) in [6.07, 6.45) is 0. The van der Waals surface area contributed by atoms with E-state index in [1.165, 1.54) is 0 Å². The lowest BCUT2D eigenvalue weighted by Gasteiger charge is -2.18. The molecule has 0 bridgehead atoms. The number of benzene rings is 2. The molecule has 0 saturated heterocycles. The van der Waals surface area contributed by atoms with E-state index in [1.807, 2.05) is 30.3 Å². The summed E-state index contributed by atoms with van der Waals surface area (Å²) < 4.78 is 0. The first-order chi connectivity index (χ1) is 13.0. The molecular formula is C21H28N4O2. The molecule has 144 valence electrons. The predicted molar refractivity (Wildman–Crippen MR) is 110 cm³/mol. The van der Waals surface area contributed by atoms with E-state index in [0.717, 1.165) is 25.3 Å². The molecule has 0 unspecified atom stereocenters. The topological polar surface area (TPSA) is 64.7 Å². The van der Waals surface area contributed by atoms with Gasteiger partial charge in [0.2, 0.25) is 0 Å². The Morgan fingerprint density at radius 3 is 2.33 bits per heavy atom. The number of carbonyl (C=O) groups is 2. The summed E-state index contributed by atoms with van der Waals surface area (Å²) in [6.45, 7) is 7.48. The van der Waals surface area contributed by atoms with Gasteiger partial charge in [0, 0.05) is 37.1 Å². The fraction of sp³-hybridized carbons (Fsp3) is 0.333. The maximum absolute atomic E-state index is 12.7. The Kier molecular flexibility index (Phi) is 7.82. The molecule has 2 aromatic carbocycles. The van der Waals surface area contributed by atoms with Gasteiger partial charge >= 0.3 is 6.03 Å². The van der Waals surface area contributed by atoms with Crippen LogP contribution < -0.4 is 15.5 Å². The van der Waals surface area contributed by atoms with Crippen molar-refractivity contribution < 1.29 is 9.59 Å². The summed E-state index contributed by atoms with van der Waals surface area (Å²) in [7, 11) is 1.73. The number of nitrogens with one attached hydrogen (secondary N) is 2. The Hall–Kier alpha value is -2.86. The second kappa shape index (κ2) is 10.3. The zero-order valence-electron chi connectivity index (χ0n) is 16.2. The first-order valence-electron chi connectivity index (χ1n) is 9.25. The zero-order valence-corrected chi connectivity index (χ0v) is 16.2. The maximum Gasteiger partial charge on any atom is 0.319 e. The summed E-state index contributed by atoms with van der Waals surface area (Å²) in [5.41, 5.74) is 1.92. The fourth-order valence-corrected chi connectivity index (χ4v) is 2.74. The second-order valence-electron chi connectivity index (χ2n) is 6.19. The standard InChI is InChI=1S/C21H28N4O2/c1-4-25(5-2)15-14-22-21(27)23-18-11-9-10-17(16-18)20(26)24(3)19-12-7-6-8-13-19/h6-13,16H,4-5,14-15H2,1-3H3,(H2,22,23,27). The minimum absolute atomic E-state index is 0.133. The Morgan fingerprint density at radius 2 is 1.67 bits per heavy atom. The van der Waals surface area contributed by atoms with Crippen LogP contribution in [0.5, 0.6) is 0 Å². The molecule has 3 amide bonds. The van der Waals surface area contributed by atoms with Gasteiger partial charge in [-0.1, -0.05) is 38.1 Å². The lowest BCUT2D eigenvalue weighted by atomic mass is 10.1. The highest BCUT2D eigenvalue weighted by molar-refractivity contribution is 6.06. The third-order valence-corrected chi connectivity index (χ3v) is 4.42. The number of amides is 3. The molecule has 0 heterocycles. The van der Waals surface area contributed by atoms with Crippen molar-refractivity contribution in [2.24, 2.45) is 0 Å². The van der Waals surface area contributed by atoms with E-state index < -0.39 is 0 Å². The van der Waals surface area contributed by atoms with Crippen molar-refractivity contribution in [2.45, 2.75) is 13.8 Å². The van der Waals surface area contributed by atoms with E-state index in [4.69, 9.17) is 0 Å². The van der Waals surface area contributed by atoms with Crippen molar-refractivity contribution in [2.75, 3.05) is 43.4 Å². The number of urea groups is 1. The molecule has 6 heteroatoms. The molecule has 0 radical (unpaired) electrons. The summed E-state index contributed by atoms with van der Waals surface area (Å²) in [5, 5.41) is 5.63. The molecular weight excluding hydrogens is 340 g/mol. The Morgan fingerprint density at radius 1 is 0.963 bits per heavy atom. The number of nitrogens with zero attached hydrogens (tertiary/aromatic N) is 2. The van der Waals surface area contributed by atoms with Crippen molar-refractivity contribution >= 4 is 23.3 Å². The first-order valence-corrected chi connectivity index (χ1v) is 9.25. The Balaban J connectivity index is 1.94. The average molecular weight is 368 g/mol. The van der Waals surface area contributed by atoms with Crippen LogP contribution in [0.3, 0.4) is 0 Å². The number of likely N-dealkylation sites (N-methyl/N-ethyl adjacent to an activating group) is 1. The van der Waals surface area contributed by atoms with Crippen LogP contribution in [0.15, 0.2) is 54.6 Å². The van der Waals surface area contributed by atoms with Crippen molar-refractivity contribution in [3.8, 4) is 0 Å². The Labute approximate surface area is 161 Å². The molecule has 0 spiro atoms. The quantitative estimate of drug-likeness (QED) is 0.750. The molecule has 0 aliphatic carbocycles. The number of hydrogen-bond donors (Lipinski definition) is 2. The maximum atomic E-state index is 12.7. The van der Waals surface area contributed by atoms with Gasteiger partial charge in [-0.2, -0.15) is 0 Å². The average Bonchev–Trinajstić information content (AvgIpc) is 2.71. The van der Waals surface area contributed by atoms with Gasteiger partial charge in [0.25, 0.3) is 5.91 Å². The van der Waals surface area contributed by atoms with Crippen LogP contribution in [0.2, 0.25) is 0 Å². The molecule has 2 N–H and O–H groups in total. The van der Waals surface area contributed by atoms with Crippen molar-refractivity contribution in [3.05, 3.63) is 60.2 Å². The van der Waals surface area contributed by atoms with Crippen molar-refractivity contribution in [3.63, 3.8) is 0 Å². The third-order valence-electron chi connectivity index (χ3n) is 4.42. The monoisotopic (exact) mass is 368 g/mol. The molecule has 0 aliphatic rings. The van der Waals surface area contributed by atoms with Gasteiger partial charge in [0.1, 0.15) is 0 Å². The van der Waals surface area contributed by atoms with Crippen LogP contribution in [0.25, 0.3) is 0 Å². The summed E-state index contributed by atoms with van der Waals surface area (Å²) in [4.78, 5) is 28.6. The molecule has 6 nitrogen and oxygen atoms in total. The highest BCUT2D eigenvalue weighted by atomic mass is 16.2. The third kappa shape index (κ3) is 6.11. The van der Waals surface area contributed by atoms with E-state index in [1.54, 1.807) is 36.2 Å². The van der Waals surface area contributed by atoms with E-state index in [9.17, 15) is 9.59 Å². The van der Waals surface area contributed by atoms with Crippen LogP contribution in [0.4, 0.5) is 16.2 Å².